The van der Waals surface area contributed by atoms with Crippen LogP contribution in [0.2, 0.25) is 0 Å². The van der Waals surface area contributed by atoms with Crippen LogP contribution in [-0.2, 0) is 23.7 Å². The van der Waals surface area contributed by atoms with Crippen molar-refractivity contribution in [3.63, 3.8) is 0 Å². The third-order valence-corrected chi connectivity index (χ3v) is 10.0. The van der Waals surface area contributed by atoms with Gasteiger partial charge in [-0.1, -0.05) is 91.0 Å². The third kappa shape index (κ3) is 10.1. The number of fused-ring (bicyclic) bond motifs is 1. The molecular formula is C50H36O15. The van der Waals surface area contributed by atoms with E-state index in [0.29, 0.717) is 0 Å². The Morgan fingerprint density at radius 3 is 1.43 bits per heavy atom. The van der Waals surface area contributed by atoms with Gasteiger partial charge in [-0.05, 0) is 72.8 Å². The van der Waals surface area contributed by atoms with E-state index in [2.05, 4.69) is 0 Å². The number of hydrogen-bond donors (Lipinski definition) is 1. The van der Waals surface area contributed by atoms with Crippen molar-refractivity contribution in [2.24, 2.45) is 0 Å². The van der Waals surface area contributed by atoms with Crippen LogP contribution in [0.3, 0.4) is 0 Å². The quantitative estimate of drug-likeness (QED) is 0.0684. The Labute approximate surface area is 369 Å². The van der Waals surface area contributed by atoms with Crippen molar-refractivity contribution in [2.75, 3.05) is 6.61 Å². The highest BCUT2D eigenvalue weighted by molar-refractivity contribution is 5.94. The Morgan fingerprint density at radius 1 is 0.508 bits per heavy atom. The molecule has 7 aromatic rings. The molecule has 6 aromatic carbocycles. The van der Waals surface area contributed by atoms with Crippen LogP contribution in [0.25, 0.3) is 11.0 Å². The Kier molecular flexibility index (Phi) is 13.0. The maximum atomic E-state index is 14.0. The fraction of sp³-hybridized carbons (Fsp3) is 0.120. The molecule has 2 heterocycles. The van der Waals surface area contributed by atoms with Crippen LogP contribution in [0, 0.1) is 0 Å². The minimum Gasteiger partial charge on any atom is -0.504 e. The van der Waals surface area contributed by atoms with Crippen molar-refractivity contribution in [1.29, 1.82) is 0 Å². The van der Waals surface area contributed by atoms with E-state index in [1.54, 1.807) is 91.0 Å². The number of carbonyl (C=O) groups is 5. The molecule has 65 heavy (non-hydrogen) atoms. The summed E-state index contributed by atoms with van der Waals surface area (Å²) >= 11 is 0. The first-order chi connectivity index (χ1) is 31.6. The molecule has 15 heteroatoms. The summed E-state index contributed by atoms with van der Waals surface area (Å²) in [5.74, 6) is -5.96. The van der Waals surface area contributed by atoms with Gasteiger partial charge in [0.2, 0.25) is 12.4 Å². The summed E-state index contributed by atoms with van der Waals surface area (Å²) in [5.41, 5.74) is -0.844. The van der Waals surface area contributed by atoms with Gasteiger partial charge < -0.3 is 42.7 Å². The molecule has 0 radical (unpaired) electrons. The van der Waals surface area contributed by atoms with E-state index < -0.39 is 84.3 Å². The fourth-order valence-electron chi connectivity index (χ4n) is 6.79. The Bertz CT molecular complexity index is 2870. The second kappa shape index (κ2) is 19.7. The molecular weight excluding hydrogens is 841 g/mol. The van der Waals surface area contributed by atoms with Gasteiger partial charge in [0, 0.05) is 6.07 Å². The van der Waals surface area contributed by atoms with Gasteiger partial charge in [-0.25, -0.2) is 28.8 Å². The smallest absolute Gasteiger partial charge is 0.383 e. The van der Waals surface area contributed by atoms with Crippen molar-refractivity contribution in [3.05, 3.63) is 208 Å². The SMILES string of the molecule is O=C(OC[C@H]1O[C@H](Oc2ccc3c(O)c(OC(=O)c4ccccc4)c(=O)oc3c2)[C@@H](OC(=O)c2ccccc2)[C@@H](OC(=O)c2ccccc2)[C@@H]1OC(=O)c1ccccc1)c1ccccc1. The second-order valence-electron chi connectivity index (χ2n) is 14.3. The second-order valence-corrected chi connectivity index (χ2v) is 14.3. The van der Waals surface area contributed by atoms with Crippen molar-refractivity contribution in [3.8, 4) is 17.2 Å². The van der Waals surface area contributed by atoms with Gasteiger partial charge in [-0.2, -0.15) is 0 Å². The van der Waals surface area contributed by atoms with Gasteiger partial charge >= 0.3 is 35.5 Å². The Hall–Kier alpha value is -8.56. The van der Waals surface area contributed by atoms with E-state index in [0.717, 1.165) is 0 Å². The highest BCUT2D eigenvalue weighted by Crippen LogP contribution is 2.36. The predicted molar refractivity (Wildman–Crippen MR) is 228 cm³/mol. The van der Waals surface area contributed by atoms with Gasteiger partial charge in [0.25, 0.3) is 5.75 Å². The fourth-order valence-corrected chi connectivity index (χ4v) is 6.79. The van der Waals surface area contributed by atoms with Gasteiger partial charge in [-0.15, -0.1) is 0 Å². The average Bonchev–Trinajstić information content (AvgIpc) is 3.35. The summed E-state index contributed by atoms with van der Waals surface area (Å²) in [6.45, 7) is -0.607. The summed E-state index contributed by atoms with van der Waals surface area (Å²) in [4.78, 5) is 80.9. The zero-order chi connectivity index (χ0) is 45.3. The molecule has 0 saturated carbocycles. The largest absolute Gasteiger partial charge is 0.504 e. The average molecular weight is 877 g/mol. The highest BCUT2D eigenvalue weighted by atomic mass is 16.7. The molecule has 5 atom stereocenters. The molecule has 1 N–H and O–H groups in total. The van der Waals surface area contributed by atoms with Crippen molar-refractivity contribution in [1.82, 2.24) is 0 Å². The van der Waals surface area contributed by atoms with E-state index >= 15 is 0 Å². The zero-order valence-electron chi connectivity index (χ0n) is 33.9. The molecule has 0 unspecified atom stereocenters. The maximum absolute atomic E-state index is 14.0. The van der Waals surface area contributed by atoms with Crippen molar-refractivity contribution >= 4 is 40.8 Å². The number of ether oxygens (including phenoxy) is 7. The number of aromatic hydroxyl groups is 1. The number of carbonyl (C=O) groups excluding carboxylic acids is 5. The summed E-state index contributed by atoms with van der Waals surface area (Å²) in [6, 6.07) is 43.3. The molecule has 15 nitrogen and oxygen atoms in total. The van der Waals surface area contributed by atoms with E-state index in [1.807, 2.05) is 0 Å². The molecule has 1 fully saturated rings. The monoisotopic (exact) mass is 876 g/mol. The summed E-state index contributed by atoms with van der Waals surface area (Å²) in [5, 5.41) is 11.1. The molecule has 1 aliphatic rings. The molecule has 1 saturated heterocycles. The Morgan fingerprint density at radius 2 is 0.938 bits per heavy atom. The molecule has 0 aliphatic carbocycles. The number of rotatable bonds is 13. The molecule has 1 aromatic heterocycles. The van der Waals surface area contributed by atoms with Gasteiger partial charge in [0.15, 0.2) is 18.0 Å². The number of hydrogen-bond acceptors (Lipinski definition) is 15. The minimum absolute atomic E-state index is 0.0577. The van der Waals surface area contributed by atoms with E-state index in [4.69, 9.17) is 37.6 Å². The predicted octanol–water partition coefficient (Wildman–Crippen LogP) is 7.36. The van der Waals surface area contributed by atoms with E-state index in [9.17, 15) is 33.9 Å². The number of esters is 5. The van der Waals surface area contributed by atoms with Crippen LogP contribution in [-0.4, -0.2) is 72.3 Å². The Balaban J connectivity index is 1.19. The molecule has 0 amide bonds. The minimum atomic E-state index is -1.74. The van der Waals surface area contributed by atoms with Crippen LogP contribution >= 0.6 is 0 Å². The molecule has 1 aliphatic heterocycles. The van der Waals surface area contributed by atoms with Gasteiger partial charge in [-0.3, -0.25) is 0 Å². The lowest BCUT2D eigenvalue weighted by atomic mass is 9.97. The summed E-state index contributed by atoms with van der Waals surface area (Å²) < 4.78 is 47.3. The first-order valence-electron chi connectivity index (χ1n) is 20.0. The van der Waals surface area contributed by atoms with Crippen LogP contribution < -0.4 is 15.1 Å². The summed E-state index contributed by atoms with van der Waals surface area (Å²) in [7, 11) is 0. The molecule has 8 rings (SSSR count). The van der Waals surface area contributed by atoms with E-state index in [1.165, 1.54) is 78.9 Å². The summed E-state index contributed by atoms with van der Waals surface area (Å²) in [6.07, 6.45) is -8.29. The highest BCUT2D eigenvalue weighted by Gasteiger charge is 2.54. The lowest BCUT2D eigenvalue weighted by Crippen LogP contribution is -2.63. The number of benzene rings is 6. The molecule has 0 spiro atoms. The van der Waals surface area contributed by atoms with E-state index in [-0.39, 0.29) is 44.5 Å². The third-order valence-electron chi connectivity index (χ3n) is 10.0. The van der Waals surface area contributed by atoms with Crippen LogP contribution in [0.5, 0.6) is 17.2 Å². The molecule has 0 bridgehead atoms. The standard InChI is InChI=1S/C50H36O15/c51-39-36-27-26-35(28-37(36)60-49(57)41(39)63-46(54)32-20-10-3-11-21-32)59-50-43(65-48(56)34-24-14-5-15-25-34)42(64-47(55)33-22-12-4-13-23-33)40(62-45(53)31-18-8-2-9-19-31)38(61-50)29-58-44(52)30-16-6-1-7-17-30/h1-28,38,40,42-43,50-51H,29H2/t38-,40-,42+,43+,50+/m1/s1. The molecule has 326 valence electrons. The van der Waals surface area contributed by atoms with Crippen LogP contribution in [0.4, 0.5) is 0 Å². The van der Waals surface area contributed by atoms with Crippen molar-refractivity contribution < 1.29 is 66.7 Å². The first kappa shape index (κ1) is 43.1. The van der Waals surface area contributed by atoms with Crippen LogP contribution in [0.1, 0.15) is 51.8 Å². The lowest BCUT2D eigenvalue weighted by Gasteiger charge is -2.44. The maximum Gasteiger partial charge on any atom is 0.383 e. The van der Waals surface area contributed by atoms with Crippen molar-refractivity contribution in [2.45, 2.75) is 30.7 Å². The zero-order valence-corrected chi connectivity index (χ0v) is 33.9. The normalized spacial score (nSPS) is 17.8. The van der Waals surface area contributed by atoms with Gasteiger partial charge in [0.1, 0.15) is 24.0 Å². The lowest BCUT2D eigenvalue weighted by molar-refractivity contribution is -0.275. The topological polar surface area (TPSA) is 200 Å². The van der Waals surface area contributed by atoms with Crippen LogP contribution in [0.15, 0.2) is 179 Å². The first-order valence-corrected chi connectivity index (χ1v) is 20.0. The van der Waals surface area contributed by atoms with Gasteiger partial charge in [0.05, 0.1) is 33.2 Å².